The molecule has 2 nitrogen and oxygen atoms in total. The van der Waals surface area contributed by atoms with Crippen molar-refractivity contribution in [2.45, 2.75) is 33.1 Å². The molecule has 0 N–H and O–H groups in total. The van der Waals surface area contributed by atoms with E-state index in [0.717, 1.165) is 11.6 Å². The van der Waals surface area contributed by atoms with Crippen LogP contribution in [0.5, 0.6) is 0 Å². The maximum atomic E-state index is 5.77. The standard InChI is InChI=1S/C11H19NO/c1-8-7-9(11(2,3)4)13-10(8)12(5)6/h7H,1-6H3. The van der Waals surface area contributed by atoms with Crippen molar-refractivity contribution in [2.24, 2.45) is 0 Å². The third-order valence-electron chi connectivity index (χ3n) is 2.04. The summed E-state index contributed by atoms with van der Waals surface area (Å²) in [6.07, 6.45) is 0. The van der Waals surface area contributed by atoms with Crippen molar-refractivity contribution < 1.29 is 4.42 Å². The minimum absolute atomic E-state index is 0.0962. The van der Waals surface area contributed by atoms with Gasteiger partial charge >= 0.3 is 0 Å². The number of aryl methyl sites for hydroxylation is 1. The Morgan fingerprint density at radius 2 is 1.77 bits per heavy atom. The average molecular weight is 181 g/mol. The smallest absolute Gasteiger partial charge is 0.198 e. The molecule has 1 aromatic rings. The van der Waals surface area contributed by atoms with Gasteiger partial charge in [-0.1, -0.05) is 20.8 Å². The topological polar surface area (TPSA) is 16.4 Å². The Kier molecular flexibility index (Phi) is 2.42. The van der Waals surface area contributed by atoms with Crippen molar-refractivity contribution in [3.63, 3.8) is 0 Å². The third-order valence-corrected chi connectivity index (χ3v) is 2.04. The number of furan rings is 1. The van der Waals surface area contributed by atoms with Crippen LogP contribution in [0.25, 0.3) is 0 Å². The van der Waals surface area contributed by atoms with Crippen LogP contribution in [0.2, 0.25) is 0 Å². The molecule has 2 heteroatoms. The van der Waals surface area contributed by atoms with Gasteiger partial charge in [0.15, 0.2) is 5.88 Å². The Morgan fingerprint density at radius 1 is 1.23 bits per heavy atom. The highest BCUT2D eigenvalue weighted by molar-refractivity contribution is 5.44. The fourth-order valence-corrected chi connectivity index (χ4v) is 1.29. The first kappa shape index (κ1) is 10.2. The molecule has 13 heavy (non-hydrogen) atoms. The fourth-order valence-electron chi connectivity index (χ4n) is 1.29. The predicted octanol–water partition coefficient (Wildman–Crippen LogP) is 2.95. The van der Waals surface area contributed by atoms with Gasteiger partial charge in [0, 0.05) is 25.1 Å². The number of rotatable bonds is 1. The molecule has 0 saturated carbocycles. The van der Waals surface area contributed by atoms with Crippen LogP contribution in [0, 0.1) is 6.92 Å². The highest BCUT2D eigenvalue weighted by atomic mass is 16.4. The quantitative estimate of drug-likeness (QED) is 0.662. The van der Waals surface area contributed by atoms with Gasteiger partial charge in [-0.25, -0.2) is 0 Å². The van der Waals surface area contributed by atoms with Gasteiger partial charge in [-0.3, -0.25) is 0 Å². The first-order chi connectivity index (χ1) is 5.82. The maximum Gasteiger partial charge on any atom is 0.198 e. The second-order valence-corrected chi connectivity index (χ2v) is 4.74. The van der Waals surface area contributed by atoms with Crippen molar-refractivity contribution in [2.75, 3.05) is 19.0 Å². The molecule has 0 aromatic carbocycles. The Labute approximate surface area is 80.5 Å². The van der Waals surface area contributed by atoms with Crippen LogP contribution in [0.1, 0.15) is 32.1 Å². The summed E-state index contributed by atoms with van der Waals surface area (Å²) in [4.78, 5) is 2.00. The van der Waals surface area contributed by atoms with Crippen molar-refractivity contribution >= 4 is 5.88 Å². The zero-order chi connectivity index (χ0) is 10.2. The van der Waals surface area contributed by atoms with Crippen LogP contribution in [0.3, 0.4) is 0 Å². The molecule has 74 valence electrons. The summed E-state index contributed by atoms with van der Waals surface area (Å²) in [5.74, 6) is 2.01. The van der Waals surface area contributed by atoms with Crippen molar-refractivity contribution in [1.29, 1.82) is 0 Å². The average Bonchev–Trinajstić information content (AvgIpc) is 2.29. The molecule has 0 saturated heterocycles. The Hall–Kier alpha value is -0.920. The molecule has 1 aromatic heterocycles. The first-order valence-electron chi connectivity index (χ1n) is 4.60. The number of hydrogen-bond donors (Lipinski definition) is 0. The van der Waals surface area contributed by atoms with Gasteiger partial charge in [-0.05, 0) is 13.0 Å². The van der Waals surface area contributed by atoms with Crippen molar-refractivity contribution in [1.82, 2.24) is 0 Å². The maximum absolute atomic E-state index is 5.77. The van der Waals surface area contributed by atoms with Crippen LogP contribution >= 0.6 is 0 Å². The van der Waals surface area contributed by atoms with Crippen LogP contribution in [-0.2, 0) is 5.41 Å². The van der Waals surface area contributed by atoms with Gasteiger partial charge in [0.05, 0.1) is 0 Å². The third kappa shape index (κ3) is 2.06. The largest absolute Gasteiger partial charge is 0.445 e. The molecule has 0 aliphatic heterocycles. The summed E-state index contributed by atoms with van der Waals surface area (Å²) in [5.41, 5.74) is 1.30. The van der Waals surface area contributed by atoms with E-state index in [9.17, 15) is 0 Å². The lowest BCUT2D eigenvalue weighted by Gasteiger charge is -2.15. The SMILES string of the molecule is Cc1cc(C(C)(C)C)oc1N(C)C. The summed E-state index contributed by atoms with van der Waals surface area (Å²) in [7, 11) is 4.00. The van der Waals surface area contributed by atoms with E-state index in [0.29, 0.717) is 0 Å². The van der Waals surface area contributed by atoms with E-state index in [4.69, 9.17) is 4.42 Å². The minimum Gasteiger partial charge on any atom is -0.445 e. The predicted molar refractivity (Wildman–Crippen MR) is 56.5 cm³/mol. The molecule has 0 aliphatic rings. The van der Waals surface area contributed by atoms with E-state index in [2.05, 4.69) is 33.8 Å². The normalized spacial score (nSPS) is 11.8. The van der Waals surface area contributed by atoms with Gasteiger partial charge in [-0.2, -0.15) is 0 Å². The molecule has 0 fully saturated rings. The van der Waals surface area contributed by atoms with Gasteiger partial charge in [0.1, 0.15) is 5.76 Å². The molecule has 0 atom stereocenters. The van der Waals surface area contributed by atoms with Gasteiger partial charge in [0.25, 0.3) is 0 Å². The molecule has 0 amide bonds. The number of hydrogen-bond acceptors (Lipinski definition) is 2. The van der Waals surface area contributed by atoms with E-state index in [1.807, 2.05) is 19.0 Å². The summed E-state index contributed by atoms with van der Waals surface area (Å²) in [6, 6.07) is 2.12. The van der Waals surface area contributed by atoms with Gasteiger partial charge < -0.3 is 9.32 Å². The Balaban J connectivity index is 3.10. The van der Waals surface area contributed by atoms with E-state index >= 15 is 0 Å². The number of anilines is 1. The monoisotopic (exact) mass is 181 g/mol. The molecule has 0 bridgehead atoms. The molecule has 0 spiro atoms. The molecule has 0 unspecified atom stereocenters. The van der Waals surface area contributed by atoms with Crippen LogP contribution in [0.4, 0.5) is 5.88 Å². The molecule has 1 rings (SSSR count). The zero-order valence-electron chi connectivity index (χ0n) is 9.43. The first-order valence-corrected chi connectivity index (χ1v) is 4.60. The van der Waals surface area contributed by atoms with Crippen LogP contribution < -0.4 is 4.90 Å². The summed E-state index contributed by atoms with van der Waals surface area (Å²) < 4.78 is 5.77. The second-order valence-electron chi connectivity index (χ2n) is 4.74. The molecular formula is C11H19NO. The van der Waals surface area contributed by atoms with Crippen molar-refractivity contribution in [3.8, 4) is 0 Å². The van der Waals surface area contributed by atoms with Crippen LogP contribution in [0.15, 0.2) is 10.5 Å². The summed E-state index contributed by atoms with van der Waals surface area (Å²) >= 11 is 0. The molecule has 0 aliphatic carbocycles. The van der Waals surface area contributed by atoms with E-state index in [1.165, 1.54) is 5.56 Å². The lowest BCUT2D eigenvalue weighted by Crippen LogP contribution is -2.10. The summed E-state index contributed by atoms with van der Waals surface area (Å²) in [5, 5.41) is 0. The van der Waals surface area contributed by atoms with Gasteiger partial charge in [0.2, 0.25) is 0 Å². The minimum atomic E-state index is 0.0962. The second kappa shape index (κ2) is 3.09. The fraction of sp³-hybridized carbons (Fsp3) is 0.636. The van der Waals surface area contributed by atoms with E-state index < -0.39 is 0 Å². The zero-order valence-corrected chi connectivity index (χ0v) is 9.43. The Bertz CT molecular complexity index is 292. The van der Waals surface area contributed by atoms with E-state index in [-0.39, 0.29) is 5.41 Å². The summed E-state index contributed by atoms with van der Waals surface area (Å²) in [6.45, 7) is 8.55. The van der Waals surface area contributed by atoms with Crippen LogP contribution in [-0.4, -0.2) is 14.1 Å². The highest BCUT2D eigenvalue weighted by Gasteiger charge is 2.20. The molecular weight excluding hydrogens is 162 g/mol. The van der Waals surface area contributed by atoms with Crippen molar-refractivity contribution in [3.05, 3.63) is 17.4 Å². The van der Waals surface area contributed by atoms with Gasteiger partial charge in [-0.15, -0.1) is 0 Å². The lowest BCUT2D eigenvalue weighted by atomic mass is 9.93. The highest BCUT2D eigenvalue weighted by Crippen LogP contribution is 2.30. The number of nitrogens with zero attached hydrogens (tertiary/aromatic N) is 1. The van der Waals surface area contributed by atoms with E-state index in [1.54, 1.807) is 0 Å². The lowest BCUT2D eigenvalue weighted by molar-refractivity contribution is 0.412. The Morgan fingerprint density at radius 3 is 2.00 bits per heavy atom. The molecule has 1 heterocycles. The molecule has 0 radical (unpaired) electrons.